The lowest BCUT2D eigenvalue weighted by Crippen LogP contribution is -2.20. The predicted octanol–water partition coefficient (Wildman–Crippen LogP) is 4.68. The molecule has 1 amide bonds. The molecule has 2 N–H and O–H groups in total. The van der Waals surface area contributed by atoms with Crippen molar-refractivity contribution in [1.29, 1.82) is 0 Å². The number of carbonyl (C=O) groups is 1. The third kappa shape index (κ3) is 5.68. The Hall–Kier alpha value is -2.62. The molecule has 0 atom stereocenters. The molecule has 0 spiro atoms. The average Bonchev–Trinajstić information content (AvgIpc) is 2.55. The monoisotopic (exact) mass is 366 g/mol. The van der Waals surface area contributed by atoms with Gasteiger partial charge in [0.1, 0.15) is 5.75 Å². The zero-order valence-electron chi connectivity index (χ0n) is 17.1. The molecule has 2 aromatic carbocycles. The fraction of sp³-hybridized carbons (Fsp3) is 0.391. The maximum atomic E-state index is 12.0. The molecule has 4 heteroatoms. The summed E-state index contributed by atoms with van der Waals surface area (Å²) in [6.07, 6.45) is 1.92. The van der Waals surface area contributed by atoms with Crippen molar-refractivity contribution in [2.75, 3.05) is 0 Å². The molecule has 0 heterocycles. The Balaban J connectivity index is 2.22. The molecule has 0 fully saturated rings. The maximum absolute atomic E-state index is 12.0. The van der Waals surface area contributed by atoms with Crippen LogP contribution in [0.2, 0.25) is 0 Å². The van der Waals surface area contributed by atoms with Gasteiger partial charge in [0, 0.05) is 11.1 Å². The molecule has 0 saturated heterocycles. The van der Waals surface area contributed by atoms with Crippen molar-refractivity contribution < 1.29 is 9.90 Å². The number of hydrogen-bond acceptors (Lipinski definition) is 3. The van der Waals surface area contributed by atoms with Gasteiger partial charge in [0.05, 0.1) is 12.6 Å². The van der Waals surface area contributed by atoms with E-state index in [1.54, 1.807) is 6.21 Å². The van der Waals surface area contributed by atoms with Gasteiger partial charge in [0.25, 0.3) is 0 Å². The number of carbonyl (C=O) groups excluding carboxylic acids is 1. The molecule has 2 aromatic rings. The summed E-state index contributed by atoms with van der Waals surface area (Å²) >= 11 is 0. The first kappa shape index (κ1) is 20.7. The number of phenols is 1. The van der Waals surface area contributed by atoms with Crippen LogP contribution in [0.25, 0.3) is 0 Å². The smallest absolute Gasteiger partial charge is 0.244 e. The fourth-order valence-electron chi connectivity index (χ4n) is 2.87. The zero-order chi connectivity index (χ0) is 20.2. The molecular formula is C23H30N2O2. The standard InChI is InChI=1S/C23H30N2O2/c1-22(2,3)18-12-17(13-19(21(18)27)23(4,5)6)15-24-25-20(26)14-16-10-8-7-9-11-16/h7-13,15,27H,14H2,1-6H3,(H,25,26)/b24-15+. The number of aromatic hydroxyl groups is 1. The Morgan fingerprint density at radius 3 is 2.00 bits per heavy atom. The number of nitrogens with one attached hydrogen (secondary N) is 1. The van der Waals surface area contributed by atoms with Crippen LogP contribution in [0.15, 0.2) is 47.6 Å². The van der Waals surface area contributed by atoms with Gasteiger partial charge >= 0.3 is 0 Å². The van der Waals surface area contributed by atoms with E-state index in [0.717, 1.165) is 22.3 Å². The van der Waals surface area contributed by atoms with Crippen LogP contribution in [-0.2, 0) is 22.0 Å². The zero-order valence-corrected chi connectivity index (χ0v) is 17.1. The topological polar surface area (TPSA) is 61.7 Å². The van der Waals surface area contributed by atoms with E-state index in [-0.39, 0.29) is 23.2 Å². The molecule has 4 nitrogen and oxygen atoms in total. The molecular weight excluding hydrogens is 336 g/mol. The Labute approximate surface area is 162 Å². The van der Waals surface area contributed by atoms with Crippen LogP contribution in [0.1, 0.15) is 63.8 Å². The van der Waals surface area contributed by atoms with Gasteiger partial charge in [-0.15, -0.1) is 0 Å². The average molecular weight is 367 g/mol. The summed E-state index contributed by atoms with van der Waals surface area (Å²) in [6.45, 7) is 12.4. The van der Waals surface area contributed by atoms with Crippen LogP contribution in [0, 0.1) is 0 Å². The highest BCUT2D eigenvalue weighted by Crippen LogP contribution is 2.39. The van der Waals surface area contributed by atoms with E-state index in [9.17, 15) is 9.90 Å². The molecule has 0 bridgehead atoms. The molecule has 0 aliphatic heterocycles. The highest BCUT2D eigenvalue weighted by molar-refractivity contribution is 5.84. The van der Waals surface area contributed by atoms with Gasteiger partial charge in [-0.25, -0.2) is 5.43 Å². The molecule has 144 valence electrons. The van der Waals surface area contributed by atoms with Gasteiger partial charge < -0.3 is 5.11 Å². The normalized spacial score (nSPS) is 12.4. The summed E-state index contributed by atoms with van der Waals surface area (Å²) in [5, 5.41) is 14.9. The van der Waals surface area contributed by atoms with Crippen molar-refractivity contribution in [1.82, 2.24) is 5.43 Å². The van der Waals surface area contributed by atoms with Crippen molar-refractivity contribution in [3.63, 3.8) is 0 Å². The van der Waals surface area contributed by atoms with Gasteiger partial charge in [-0.1, -0.05) is 71.9 Å². The van der Waals surface area contributed by atoms with Crippen LogP contribution in [0.3, 0.4) is 0 Å². The van der Waals surface area contributed by atoms with E-state index < -0.39 is 0 Å². The van der Waals surface area contributed by atoms with E-state index in [2.05, 4.69) is 52.1 Å². The van der Waals surface area contributed by atoms with E-state index in [0.29, 0.717) is 5.75 Å². The summed E-state index contributed by atoms with van der Waals surface area (Å²) in [7, 11) is 0. The first-order valence-corrected chi connectivity index (χ1v) is 9.22. The first-order chi connectivity index (χ1) is 12.5. The van der Waals surface area contributed by atoms with E-state index >= 15 is 0 Å². The summed E-state index contributed by atoms with van der Waals surface area (Å²) in [5.41, 5.74) is 5.70. The number of rotatable bonds is 4. The van der Waals surface area contributed by atoms with Crippen LogP contribution < -0.4 is 5.43 Å². The largest absolute Gasteiger partial charge is 0.507 e. The van der Waals surface area contributed by atoms with Gasteiger partial charge in [-0.2, -0.15) is 5.10 Å². The second-order valence-corrected chi connectivity index (χ2v) is 8.92. The Morgan fingerprint density at radius 1 is 1.00 bits per heavy atom. The van der Waals surface area contributed by atoms with Gasteiger partial charge in [-0.3, -0.25) is 4.79 Å². The van der Waals surface area contributed by atoms with Crippen molar-refractivity contribution in [2.24, 2.45) is 5.10 Å². The lowest BCUT2D eigenvalue weighted by atomic mass is 9.78. The molecule has 0 aromatic heterocycles. The third-order valence-electron chi connectivity index (χ3n) is 4.36. The van der Waals surface area contributed by atoms with Gasteiger partial charge in [-0.05, 0) is 34.1 Å². The number of phenolic OH excluding ortho intramolecular Hbond substituents is 1. The SMILES string of the molecule is CC(C)(C)c1cc(/C=N/NC(=O)Cc2ccccc2)cc(C(C)(C)C)c1O. The summed E-state index contributed by atoms with van der Waals surface area (Å²) in [6, 6.07) is 13.4. The number of nitrogens with zero attached hydrogens (tertiary/aromatic N) is 1. The highest BCUT2D eigenvalue weighted by atomic mass is 16.3. The molecule has 0 aliphatic rings. The van der Waals surface area contributed by atoms with Crippen LogP contribution >= 0.6 is 0 Å². The highest BCUT2D eigenvalue weighted by Gasteiger charge is 2.26. The summed E-state index contributed by atoms with van der Waals surface area (Å²) in [5.74, 6) is 0.170. The number of amides is 1. The third-order valence-corrected chi connectivity index (χ3v) is 4.36. The Bertz CT molecular complexity index is 791. The summed E-state index contributed by atoms with van der Waals surface area (Å²) in [4.78, 5) is 12.0. The van der Waals surface area contributed by atoms with Gasteiger partial charge in [0.15, 0.2) is 0 Å². The van der Waals surface area contributed by atoms with Crippen LogP contribution in [-0.4, -0.2) is 17.2 Å². The molecule has 0 aliphatic carbocycles. The fourth-order valence-corrected chi connectivity index (χ4v) is 2.87. The van der Waals surface area contributed by atoms with Crippen molar-refractivity contribution in [3.8, 4) is 5.75 Å². The van der Waals surface area contributed by atoms with E-state index in [1.807, 2.05) is 42.5 Å². The number of benzene rings is 2. The number of hydrazone groups is 1. The Morgan fingerprint density at radius 2 is 1.52 bits per heavy atom. The molecule has 27 heavy (non-hydrogen) atoms. The number of hydrogen-bond donors (Lipinski definition) is 2. The summed E-state index contributed by atoms with van der Waals surface area (Å²) < 4.78 is 0. The predicted molar refractivity (Wildman–Crippen MR) is 111 cm³/mol. The second kappa shape index (κ2) is 7.95. The minimum Gasteiger partial charge on any atom is -0.507 e. The van der Waals surface area contributed by atoms with Gasteiger partial charge in [0.2, 0.25) is 5.91 Å². The first-order valence-electron chi connectivity index (χ1n) is 9.22. The van der Waals surface area contributed by atoms with Crippen molar-refractivity contribution >= 4 is 12.1 Å². The quantitative estimate of drug-likeness (QED) is 0.610. The minimum absolute atomic E-state index is 0.164. The second-order valence-electron chi connectivity index (χ2n) is 8.92. The Kier molecular flexibility index (Phi) is 6.09. The van der Waals surface area contributed by atoms with Crippen LogP contribution in [0.5, 0.6) is 5.75 Å². The van der Waals surface area contributed by atoms with Crippen molar-refractivity contribution in [2.45, 2.75) is 58.8 Å². The lowest BCUT2D eigenvalue weighted by molar-refractivity contribution is -0.120. The lowest BCUT2D eigenvalue weighted by Gasteiger charge is -2.27. The molecule has 0 saturated carbocycles. The van der Waals surface area contributed by atoms with E-state index in [1.165, 1.54) is 0 Å². The van der Waals surface area contributed by atoms with E-state index in [4.69, 9.17) is 0 Å². The molecule has 0 radical (unpaired) electrons. The minimum atomic E-state index is -0.204. The maximum Gasteiger partial charge on any atom is 0.244 e. The molecule has 0 unspecified atom stereocenters. The van der Waals surface area contributed by atoms with Crippen LogP contribution in [0.4, 0.5) is 0 Å². The molecule has 2 rings (SSSR count). The van der Waals surface area contributed by atoms with Crippen molar-refractivity contribution in [3.05, 3.63) is 64.7 Å².